The largest absolute Gasteiger partial charge is 0.508 e. The first-order valence-electron chi connectivity index (χ1n) is 6.66. The third-order valence-corrected chi connectivity index (χ3v) is 3.32. The van der Waals surface area contributed by atoms with Gasteiger partial charge in [-0.2, -0.15) is 0 Å². The molecule has 0 spiro atoms. The molecule has 0 saturated heterocycles. The molecule has 4 heteroatoms. The topological polar surface area (TPSA) is 74.6 Å². The maximum Gasteiger partial charge on any atom is 0.184 e. The maximum absolute atomic E-state index is 11.9. The molecular formula is C16H22O4. The number of allylic oxidation sites excluding steroid dienone is 4. The van der Waals surface area contributed by atoms with Crippen molar-refractivity contribution in [3.8, 4) is 0 Å². The number of ketones is 2. The molecule has 1 atom stereocenters. The summed E-state index contributed by atoms with van der Waals surface area (Å²) in [5, 5.41) is 20.6. The lowest BCUT2D eigenvalue weighted by Crippen LogP contribution is -2.46. The highest BCUT2D eigenvalue weighted by atomic mass is 16.3. The van der Waals surface area contributed by atoms with Gasteiger partial charge in [-0.3, -0.25) is 9.59 Å². The van der Waals surface area contributed by atoms with Gasteiger partial charge in [0.25, 0.3) is 0 Å². The smallest absolute Gasteiger partial charge is 0.184 e. The summed E-state index contributed by atoms with van der Waals surface area (Å²) in [7, 11) is 0. The van der Waals surface area contributed by atoms with E-state index in [9.17, 15) is 19.8 Å². The van der Waals surface area contributed by atoms with Crippen LogP contribution in [-0.2, 0) is 9.59 Å². The lowest BCUT2D eigenvalue weighted by atomic mass is 9.79. The number of aliphatic hydroxyl groups excluding tert-OH is 1. The molecule has 0 aromatic carbocycles. The van der Waals surface area contributed by atoms with E-state index in [2.05, 4.69) is 0 Å². The zero-order valence-corrected chi connectivity index (χ0v) is 12.5. The monoisotopic (exact) mass is 278 g/mol. The fourth-order valence-corrected chi connectivity index (χ4v) is 1.99. The molecule has 0 aromatic rings. The molecule has 0 saturated carbocycles. The first-order chi connectivity index (χ1) is 9.18. The third kappa shape index (κ3) is 3.45. The van der Waals surface area contributed by atoms with Gasteiger partial charge in [0.05, 0.1) is 6.42 Å². The Balaban J connectivity index is 3.22. The number of aliphatic hydroxyl groups is 2. The number of carbonyl (C=O) groups is 2. The highest BCUT2D eigenvalue weighted by Gasteiger charge is 2.46. The molecule has 0 aliphatic heterocycles. The minimum absolute atomic E-state index is 0.00833. The highest BCUT2D eigenvalue weighted by molar-refractivity contribution is 6.14. The summed E-state index contributed by atoms with van der Waals surface area (Å²) >= 11 is 0. The summed E-state index contributed by atoms with van der Waals surface area (Å²) in [5.41, 5.74) is 0.107. The van der Waals surface area contributed by atoms with Crippen LogP contribution in [0.5, 0.6) is 0 Å². The molecule has 1 unspecified atom stereocenters. The van der Waals surface area contributed by atoms with E-state index < -0.39 is 22.9 Å². The minimum Gasteiger partial charge on any atom is -0.508 e. The van der Waals surface area contributed by atoms with Gasteiger partial charge >= 0.3 is 0 Å². The summed E-state index contributed by atoms with van der Waals surface area (Å²) in [5.74, 6) is -1.54. The van der Waals surface area contributed by atoms with Crippen molar-refractivity contribution in [3.05, 3.63) is 34.6 Å². The second-order valence-electron chi connectivity index (χ2n) is 5.68. The van der Waals surface area contributed by atoms with E-state index >= 15 is 0 Å². The van der Waals surface area contributed by atoms with Crippen LogP contribution in [-0.4, -0.2) is 27.4 Å². The van der Waals surface area contributed by atoms with Crippen LogP contribution in [0.4, 0.5) is 0 Å². The minimum atomic E-state index is -1.96. The number of hydrogen-bond acceptors (Lipinski definition) is 4. The quantitative estimate of drug-likeness (QED) is 0.612. The first-order valence-corrected chi connectivity index (χ1v) is 6.66. The van der Waals surface area contributed by atoms with E-state index in [1.54, 1.807) is 12.2 Å². The summed E-state index contributed by atoms with van der Waals surface area (Å²) in [6.07, 6.45) is 3.34. The molecule has 1 aliphatic rings. The standard InChI is InChI=1S/C16H22O4/c1-10(2)5-6-12-13(17)9-14(18)16(20,15(12)19)8-7-11(3)4/h5,7,19-20H,6,8-9H2,1-4H3. The van der Waals surface area contributed by atoms with Crippen molar-refractivity contribution >= 4 is 11.6 Å². The van der Waals surface area contributed by atoms with Crippen LogP contribution < -0.4 is 0 Å². The number of carbonyl (C=O) groups excluding carboxylic acids is 2. The number of hydrogen-bond donors (Lipinski definition) is 2. The molecule has 20 heavy (non-hydrogen) atoms. The van der Waals surface area contributed by atoms with Crippen LogP contribution in [0.25, 0.3) is 0 Å². The molecule has 2 N–H and O–H groups in total. The van der Waals surface area contributed by atoms with Crippen LogP contribution in [0, 0.1) is 0 Å². The Bertz CT molecular complexity index is 515. The van der Waals surface area contributed by atoms with Gasteiger partial charge in [0.15, 0.2) is 17.2 Å². The molecule has 1 rings (SSSR count). The number of Topliss-reactive ketones (excluding diaryl/α,β-unsaturated/α-hetero) is 2. The number of rotatable bonds is 4. The Morgan fingerprint density at radius 2 is 1.70 bits per heavy atom. The Kier molecular flexibility index (Phi) is 5.06. The SMILES string of the molecule is CC(C)=CCC1=C(O)C(O)(CC=C(C)C)C(=O)CC1=O. The van der Waals surface area contributed by atoms with E-state index in [0.717, 1.165) is 11.1 Å². The van der Waals surface area contributed by atoms with Crippen LogP contribution in [0.3, 0.4) is 0 Å². The second kappa shape index (κ2) is 6.18. The average Bonchev–Trinajstić information content (AvgIpc) is 2.33. The molecule has 0 bridgehead atoms. The lowest BCUT2D eigenvalue weighted by Gasteiger charge is -2.30. The Morgan fingerprint density at radius 3 is 2.20 bits per heavy atom. The Labute approximate surface area is 119 Å². The zero-order chi connectivity index (χ0) is 15.5. The molecule has 110 valence electrons. The highest BCUT2D eigenvalue weighted by Crippen LogP contribution is 2.32. The molecule has 0 fully saturated rings. The summed E-state index contributed by atoms with van der Waals surface area (Å²) in [4.78, 5) is 23.8. The van der Waals surface area contributed by atoms with Crippen molar-refractivity contribution in [1.82, 2.24) is 0 Å². The van der Waals surface area contributed by atoms with Gasteiger partial charge < -0.3 is 10.2 Å². The fourth-order valence-electron chi connectivity index (χ4n) is 1.99. The van der Waals surface area contributed by atoms with Crippen molar-refractivity contribution in [2.45, 2.75) is 52.6 Å². The molecule has 0 heterocycles. The predicted molar refractivity (Wildman–Crippen MR) is 77.3 cm³/mol. The van der Waals surface area contributed by atoms with Crippen molar-refractivity contribution in [2.24, 2.45) is 0 Å². The van der Waals surface area contributed by atoms with Gasteiger partial charge in [-0.15, -0.1) is 0 Å². The van der Waals surface area contributed by atoms with E-state index in [1.165, 1.54) is 0 Å². The van der Waals surface area contributed by atoms with Crippen LogP contribution in [0.15, 0.2) is 34.6 Å². The maximum atomic E-state index is 11.9. The van der Waals surface area contributed by atoms with E-state index in [-0.39, 0.29) is 24.8 Å². The Hall–Kier alpha value is -1.68. The molecule has 0 aromatic heterocycles. The van der Waals surface area contributed by atoms with Gasteiger partial charge in [-0.1, -0.05) is 23.3 Å². The van der Waals surface area contributed by atoms with Gasteiger partial charge in [0, 0.05) is 12.0 Å². The van der Waals surface area contributed by atoms with Crippen molar-refractivity contribution in [2.75, 3.05) is 0 Å². The van der Waals surface area contributed by atoms with Crippen molar-refractivity contribution in [3.63, 3.8) is 0 Å². The lowest BCUT2D eigenvalue weighted by molar-refractivity contribution is -0.141. The van der Waals surface area contributed by atoms with Crippen LogP contribution in [0.1, 0.15) is 47.0 Å². The van der Waals surface area contributed by atoms with Gasteiger partial charge in [0.2, 0.25) is 0 Å². The third-order valence-electron chi connectivity index (χ3n) is 3.32. The first kappa shape index (κ1) is 16.4. The zero-order valence-electron chi connectivity index (χ0n) is 12.5. The average molecular weight is 278 g/mol. The normalized spacial score (nSPS) is 22.9. The van der Waals surface area contributed by atoms with E-state index in [0.29, 0.717) is 0 Å². The predicted octanol–water partition coefficient (Wildman–Crippen LogP) is 2.78. The molecule has 4 nitrogen and oxygen atoms in total. The van der Waals surface area contributed by atoms with E-state index in [4.69, 9.17) is 0 Å². The van der Waals surface area contributed by atoms with Crippen LogP contribution >= 0.6 is 0 Å². The summed E-state index contributed by atoms with van der Waals surface area (Å²) in [6.45, 7) is 7.44. The summed E-state index contributed by atoms with van der Waals surface area (Å²) < 4.78 is 0. The van der Waals surface area contributed by atoms with Crippen molar-refractivity contribution in [1.29, 1.82) is 0 Å². The van der Waals surface area contributed by atoms with Gasteiger partial charge in [-0.25, -0.2) is 0 Å². The Morgan fingerprint density at radius 1 is 1.15 bits per heavy atom. The molecular weight excluding hydrogens is 256 g/mol. The van der Waals surface area contributed by atoms with Crippen LogP contribution in [0.2, 0.25) is 0 Å². The van der Waals surface area contributed by atoms with Gasteiger partial charge in [-0.05, 0) is 34.1 Å². The molecule has 0 radical (unpaired) electrons. The van der Waals surface area contributed by atoms with Crippen molar-refractivity contribution < 1.29 is 19.8 Å². The molecule has 0 amide bonds. The second-order valence-corrected chi connectivity index (χ2v) is 5.68. The van der Waals surface area contributed by atoms with Gasteiger partial charge in [0.1, 0.15) is 5.76 Å². The van der Waals surface area contributed by atoms with E-state index in [1.807, 2.05) is 27.7 Å². The summed E-state index contributed by atoms with van der Waals surface area (Å²) in [6, 6.07) is 0. The fraction of sp³-hybridized carbons (Fsp3) is 0.500. The molecule has 1 aliphatic carbocycles.